The minimum atomic E-state index is -1.36. The third-order valence-electron chi connectivity index (χ3n) is 12.6. The Labute approximate surface area is 342 Å². The summed E-state index contributed by atoms with van der Waals surface area (Å²) in [6.45, 7) is 0. The van der Waals surface area contributed by atoms with Gasteiger partial charge in [-0.2, -0.15) is 0 Å². The van der Waals surface area contributed by atoms with E-state index in [9.17, 15) is 14.7 Å². The fraction of sp³-hybridized carbons (Fsp3) is 0.200. The van der Waals surface area contributed by atoms with Crippen LogP contribution in [0.5, 0.6) is 17.2 Å². The first-order valence-electron chi connectivity index (χ1n) is 19.8. The first-order valence-corrected chi connectivity index (χ1v) is 19.8. The number of nitrogens with zero attached hydrogens (tertiary/aromatic N) is 1. The number of imide groups is 1. The Bertz CT molecular complexity index is 2540. The number of hydrogen-bond acceptors (Lipinski definition) is 8. The van der Waals surface area contributed by atoms with Gasteiger partial charge in [-0.25, -0.2) is 0 Å². The number of ketones is 2. The molecule has 4 aliphatic rings. The molecule has 0 spiro atoms. The van der Waals surface area contributed by atoms with Gasteiger partial charge in [-0.3, -0.25) is 24.1 Å². The van der Waals surface area contributed by atoms with Crippen molar-refractivity contribution in [3.05, 3.63) is 168 Å². The number of benzene rings is 5. The maximum Gasteiger partial charge on any atom is 0.238 e. The van der Waals surface area contributed by atoms with Gasteiger partial charge in [-0.15, -0.1) is 0 Å². The molecular weight excluding hydrogens is 741 g/mol. The minimum absolute atomic E-state index is 0.144. The molecule has 1 saturated heterocycles. The molecule has 9 heteroatoms. The zero-order valence-corrected chi connectivity index (χ0v) is 32.6. The maximum atomic E-state index is 15.2. The summed E-state index contributed by atoms with van der Waals surface area (Å²) in [5.74, 6) is -4.13. The van der Waals surface area contributed by atoms with Crippen LogP contribution in [0.25, 0.3) is 11.6 Å². The summed E-state index contributed by atoms with van der Waals surface area (Å²) in [7, 11) is 2.90. The smallest absolute Gasteiger partial charge is 0.238 e. The van der Waals surface area contributed by atoms with Crippen molar-refractivity contribution in [1.29, 1.82) is 0 Å². The van der Waals surface area contributed by atoms with Crippen molar-refractivity contribution in [2.45, 2.75) is 18.3 Å². The molecule has 294 valence electrons. The van der Waals surface area contributed by atoms with Crippen molar-refractivity contribution >= 4 is 52.1 Å². The van der Waals surface area contributed by atoms with E-state index in [0.29, 0.717) is 34.4 Å². The van der Waals surface area contributed by atoms with Crippen LogP contribution < -0.4 is 19.7 Å². The summed E-state index contributed by atoms with van der Waals surface area (Å²) in [6, 6.07) is 39.0. The van der Waals surface area contributed by atoms with Gasteiger partial charge >= 0.3 is 0 Å². The average Bonchev–Trinajstić information content (AvgIpc) is 3.53. The Morgan fingerprint density at radius 3 is 2.00 bits per heavy atom. The summed E-state index contributed by atoms with van der Waals surface area (Å²) in [4.78, 5) is 60.9. The largest absolute Gasteiger partial charge is 0.502 e. The van der Waals surface area contributed by atoms with E-state index < -0.39 is 35.0 Å². The summed E-state index contributed by atoms with van der Waals surface area (Å²) >= 11 is 0. The van der Waals surface area contributed by atoms with E-state index in [4.69, 9.17) is 9.47 Å². The third kappa shape index (κ3) is 6.16. The molecule has 59 heavy (non-hydrogen) atoms. The molecule has 5 aromatic carbocycles. The Hall–Kier alpha value is -7.00. The summed E-state index contributed by atoms with van der Waals surface area (Å²) in [6.07, 6.45) is 7.83. The molecular formula is C50H42N2O7. The van der Waals surface area contributed by atoms with Crippen LogP contribution >= 0.6 is 0 Å². The Morgan fingerprint density at radius 1 is 0.746 bits per heavy atom. The number of methoxy groups -OCH3 is 2. The maximum absolute atomic E-state index is 15.2. The predicted molar refractivity (Wildman–Crippen MR) is 226 cm³/mol. The number of nitrogens with one attached hydrogen (secondary N) is 1. The number of carbonyl (C=O) groups excluding carboxylic acids is 4. The number of aromatic hydroxyl groups is 1. The Balaban J connectivity index is 1.17. The average molecular weight is 783 g/mol. The van der Waals surface area contributed by atoms with Gasteiger partial charge in [0.25, 0.3) is 0 Å². The molecule has 3 aliphatic carbocycles. The molecule has 2 fully saturated rings. The van der Waals surface area contributed by atoms with Crippen molar-refractivity contribution in [3.8, 4) is 17.2 Å². The topological polar surface area (TPSA) is 122 Å². The molecule has 0 radical (unpaired) electrons. The highest BCUT2D eigenvalue weighted by Gasteiger charge is 2.65. The lowest BCUT2D eigenvalue weighted by Gasteiger charge is -2.54. The van der Waals surface area contributed by atoms with Crippen LogP contribution in [-0.4, -0.2) is 42.7 Å². The fourth-order valence-corrected chi connectivity index (χ4v) is 9.98. The number of anilines is 3. The first kappa shape index (κ1) is 37.6. The highest BCUT2D eigenvalue weighted by molar-refractivity contribution is 6.31. The van der Waals surface area contributed by atoms with E-state index in [-0.39, 0.29) is 47.1 Å². The number of ether oxygens (including phenoxy) is 2. The molecule has 9 nitrogen and oxygen atoms in total. The van der Waals surface area contributed by atoms with Crippen molar-refractivity contribution in [1.82, 2.24) is 0 Å². The zero-order chi connectivity index (χ0) is 40.8. The molecule has 1 saturated carbocycles. The second-order valence-corrected chi connectivity index (χ2v) is 15.5. The monoisotopic (exact) mass is 782 g/mol. The quantitative estimate of drug-likeness (QED) is 0.113. The molecule has 1 heterocycles. The predicted octanol–water partition coefficient (Wildman–Crippen LogP) is 8.73. The van der Waals surface area contributed by atoms with Crippen LogP contribution in [-0.2, 0) is 24.6 Å². The number of para-hydroxylation sites is 1. The van der Waals surface area contributed by atoms with E-state index >= 15 is 9.59 Å². The van der Waals surface area contributed by atoms with E-state index in [1.165, 1.54) is 25.2 Å². The lowest BCUT2D eigenvalue weighted by Crippen LogP contribution is -2.59. The summed E-state index contributed by atoms with van der Waals surface area (Å²) in [5, 5.41) is 14.0. The van der Waals surface area contributed by atoms with Crippen LogP contribution in [0.2, 0.25) is 0 Å². The summed E-state index contributed by atoms with van der Waals surface area (Å²) < 4.78 is 10.9. The molecule has 9 rings (SSSR count). The number of rotatable bonds is 9. The number of allylic oxidation sites excluding steroid dienone is 5. The van der Waals surface area contributed by atoms with Gasteiger partial charge in [0.15, 0.2) is 23.1 Å². The van der Waals surface area contributed by atoms with E-state index in [1.807, 2.05) is 121 Å². The second kappa shape index (κ2) is 15.1. The molecule has 5 aromatic rings. The van der Waals surface area contributed by atoms with Crippen LogP contribution in [0.15, 0.2) is 151 Å². The molecule has 1 aliphatic heterocycles. The van der Waals surface area contributed by atoms with Crippen molar-refractivity contribution in [2.24, 2.45) is 29.6 Å². The van der Waals surface area contributed by atoms with Gasteiger partial charge in [0, 0.05) is 28.8 Å². The molecule has 6 atom stereocenters. The summed E-state index contributed by atoms with van der Waals surface area (Å²) in [5.41, 5.74) is 4.01. The number of Topliss-reactive ketones (excluding diaryl/α,β-unsaturated/α-hetero) is 1. The van der Waals surface area contributed by atoms with Crippen molar-refractivity contribution in [3.63, 3.8) is 0 Å². The normalized spacial score (nSPS) is 24.8. The van der Waals surface area contributed by atoms with Gasteiger partial charge in [0.1, 0.15) is 0 Å². The second-order valence-electron chi connectivity index (χ2n) is 15.5. The lowest BCUT2D eigenvalue weighted by molar-refractivity contribution is -0.135. The van der Waals surface area contributed by atoms with Gasteiger partial charge in [-0.1, -0.05) is 103 Å². The van der Waals surface area contributed by atoms with Crippen LogP contribution in [0.1, 0.15) is 29.5 Å². The van der Waals surface area contributed by atoms with Gasteiger partial charge in [-0.05, 0) is 90.1 Å². The van der Waals surface area contributed by atoms with Gasteiger partial charge in [0.2, 0.25) is 17.6 Å². The van der Waals surface area contributed by atoms with E-state index in [2.05, 4.69) is 5.32 Å². The fourth-order valence-electron chi connectivity index (χ4n) is 9.98. The highest BCUT2D eigenvalue weighted by Crippen LogP contribution is 2.61. The number of hydrogen-bond donors (Lipinski definition) is 2. The number of amides is 2. The Kier molecular flexibility index (Phi) is 9.59. The molecule has 0 aromatic heterocycles. The van der Waals surface area contributed by atoms with Crippen molar-refractivity contribution < 1.29 is 33.8 Å². The first-order chi connectivity index (χ1) is 28.7. The number of phenols is 1. The molecule has 0 bridgehead atoms. The van der Waals surface area contributed by atoms with Crippen LogP contribution in [0.4, 0.5) is 17.1 Å². The minimum Gasteiger partial charge on any atom is -0.502 e. The lowest BCUT2D eigenvalue weighted by atomic mass is 9.45. The molecule has 2 amide bonds. The van der Waals surface area contributed by atoms with Gasteiger partial charge in [0.05, 0.1) is 37.2 Å². The standard InChI is InChI=1S/C50H42N2O7/c1-58-42-26-30(27-43(59-2)47(42)55)18-25-40-36-23-24-37-45(49(57)52(48(37)56)35-21-19-34(20-22-35)51-33-16-10-5-11-17-33)39(36)28-41-46(54)38(31-12-6-3-7-13-31)29-44(53)50(40,41)32-14-8-4-9-15-32/h3-23,25-27,29,37,39-41,45,51,55H,24,28H2,1-2H3. The SMILES string of the molecule is COc1cc(C=CC2C3=CCC4C(=O)N(c5ccc(Nc6ccccc6)cc5)C(=O)C4C3CC3C(=O)C(c4ccccc4)=CC(=O)C23c2ccccc2)cc(OC)c1O. The van der Waals surface area contributed by atoms with Crippen LogP contribution in [0.3, 0.4) is 0 Å². The zero-order valence-electron chi connectivity index (χ0n) is 32.6. The van der Waals surface area contributed by atoms with Crippen LogP contribution in [0, 0.1) is 29.6 Å². The number of phenolic OH excluding ortho intramolecular Hbond substituents is 1. The van der Waals surface area contributed by atoms with Crippen molar-refractivity contribution in [2.75, 3.05) is 24.4 Å². The highest BCUT2D eigenvalue weighted by atomic mass is 16.5. The number of carbonyl (C=O) groups is 4. The van der Waals surface area contributed by atoms with Gasteiger partial charge < -0.3 is 19.9 Å². The molecule has 2 N–H and O–H groups in total. The Morgan fingerprint density at radius 2 is 1.36 bits per heavy atom. The van der Waals surface area contributed by atoms with E-state index in [0.717, 1.165) is 16.9 Å². The van der Waals surface area contributed by atoms with E-state index in [1.54, 1.807) is 24.3 Å². The molecule has 6 unspecified atom stereocenters. The number of fused-ring (bicyclic) bond motifs is 4. The third-order valence-corrected chi connectivity index (χ3v) is 12.6.